The summed E-state index contributed by atoms with van der Waals surface area (Å²) in [4.78, 5) is 16.7. The van der Waals surface area contributed by atoms with Gasteiger partial charge in [-0.3, -0.25) is 0 Å². The van der Waals surface area contributed by atoms with Gasteiger partial charge in [0, 0.05) is 12.8 Å². The number of hydrogen-bond donors (Lipinski definition) is 1. The van der Waals surface area contributed by atoms with E-state index >= 15 is 0 Å². The van der Waals surface area contributed by atoms with Crippen molar-refractivity contribution < 1.29 is 23.8 Å². The number of carbonyl (C=O) groups is 1. The van der Waals surface area contributed by atoms with Gasteiger partial charge in [0.25, 0.3) is 5.79 Å². The molecule has 0 atom stereocenters. The van der Waals surface area contributed by atoms with Gasteiger partial charge in [-0.1, -0.05) is 12.5 Å². The molecule has 0 spiro atoms. The Labute approximate surface area is 150 Å². The molecule has 7 heteroatoms. The van der Waals surface area contributed by atoms with Crippen molar-refractivity contribution in [1.82, 2.24) is 4.98 Å². The van der Waals surface area contributed by atoms with E-state index in [9.17, 15) is 4.79 Å². The summed E-state index contributed by atoms with van der Waals surface area (Å²) in [5.74, 6) is -0.747. The summed E-state index contributed by atoms with van der Waals surface area (Å²) in [6.07, 6.45) is 3.85. The van der Waals surface area contributed by atoms with Gasteiger partial charge >= 0.3 is 5.97 Å². The number of nitrogens with zero attached hydrogens (tertiary/aromatic N) is 1. The lowest BCUT2D eigenvalue weighted by molar-refractivity contribution is -0.271. The predicted octanol–water partition coefficient (Wildman–Crippen LogP) is 3.89. The SMILES string of the molecule is Cc1oc(-c2cccs2)nc1CCCCC1COC(C)(C(=O)O)OC1. The molecular formula is C18H23NO5S. The van der Waals surface area contributed by atoms with E-state index in [2.05, 4.69) is 4.98 Å². The summed E-state index contributed by atoms with van der Waals surface area (Å²) in [5, 5.41) is 11.1. The second-order valence-corrected chi connectivity index (χ2v) is 7.43. The van der Waals surface area contributed by atoms with E-state index < -0.39 is 11.8 Å². The van der Waals surface area contributed by atoms with Crippen LogP contribution in [0.25, 0.3) is 10.8 Å². The fourth-order valence-electron chi connectivity index (χ4n) is 2.82. The summed E-state index contributed by atoms with van der Waals surface area (Å²) >= 11 is 1.62. The van der Waals surface area contributed by atoms with Crippen LogP contribution in [0.4, 0.5) is 0 Å². The van der Waals surface area contributed by atoms with Crippen LogP contribution in [0, 0.1) is 12.8 Å². The van der Waals surface area contributed by atoms with Crippen LogP contribution in [0.5, 0.6) is 0 Å². The maximum atomic E-state index is 11.1. The number of oxazole rings is 1. The molecule has 1 fully saturated rings. The second kappa shape index (κ2) is 7.68. The van der Waals surface area contributed by atoms with Crippen LogP contribution in [0.3, 0.4) is 0 Å². The first-order chi connectivity index (χ1) is 12.0. The van der Waals surface area contributed by atoms with Gasteiger partial charge in [0.2, 0.25) is 5.89 Å². The Morgan fingerprint density at radius 2 is 2.16 bits per heavy atom. The van der Waals surface area contributed by atoms with Crippen LogP contribution < -0.4 is 0 Å². The van der Waals surface area contributed by atoms with Crippen molar-refractivity contribution in [2.75, 3.05) is 13.2 Å². The Hall–Kier alpha value is -1.70. The lowest BCUT2D eigenvalue weighted by Gasteiger charge is -2.34. The number of aromatic nitrogens is 1. The number of thiophene rings is 1. The smallest absolute Gasteiger partial charge is 0.364 e. The van der Waals surface area contributed by atoms with E-state index in [0.717, 1.165) is 42.0 Å². The van der Waals surface area contributed by atoms with Crippen LogP contribution in [0.1, 0.15) is 37.6 Å². The van der Waals surface area contributed by atoms with Crippen molar-refractivity contribution in [3.05, 3.63) is 29.0 Å². The molecule has 0 unspecified atom stereocenters. The van der Waals surface area contributed by atoms with Crippen LogP contribution >= 0.6 is 11.3 Å². The van der Waals surface area contributed by atoms with Crippen molar-refractivity contribution in [1.29, 1.82) is 0 Å². The van der Waals surface area contributed by atoms with E-state index in [-0.39, 0.29) is 5.92 Å². The highest BCUT2D eigenvalue weighted by atomic mass is 32.1. The van der Waals surface area contributed by atoms with Crippen LogP contribution in [-0.4, -0.2) is 35.1 Å². The molecule has 0 aliphatic carbocycles. The second-order valence-electron chi connectivity index (χ2n) is 6.48. The van der Waals surface area contributed by atoms with Gasteiger partial charge in [-0.25, -0.2) is 9.78 Å². The number of aliphatic carboxylic acids is 1. The largest absolute Gasteiger partial charge is 0.477 e. The van der Waals surface area contributed by atoms with Gasteiger partial charge in [0.1, 0.15) is 5.76 Å². The van der Waals surface area contributed by atoms with Crippen molar-refractivity contribution >= 4 is 17.3 Å². The van der Waals surface area contributed by atoms with Crippen LogP contribution in [0.2, 0.25) is 0 Å². The molecule has 3 rings (SSSR count). The van der Waals surface area contributed by atoms with Gasteiger partial charge in [-0.15, -0.1) is 11.3 Å². The molecule has 0 radical (unpaired) electrons. The molecule has 25 heavy (non-hydrogen) atoms. The Morgan fingerprint density at radius 1 is 1.40 bits per heavy atom. The van der Waals surface area contributed by atoms with Gasteiger partial charge in [0.15, 0.2) is 0 Å². The van der Waals surface area contributed by atoms with E-state index in [1.807, 2.05) is 24.4 Å². The van der Waals surface area contributed by atoms with Crippen molar-refractivity contribution in [3.63, 3.8) is 0 Å². The first kappa shape index (κ1) is 18.1. The number of hydrogen-bond acceptors (Lipinski definition) is 6. The fraction of sp³-hybridized carbons (Fsp3) is 0.556. The Balaban J connectivity index is 1.42. The number of rotatable bonds is 7. The highest BCUT2D eigenvalue weighted by Crippen LogP contribution is 2.27. The molecule has 136 valence electrons. The van der Waals surface area contributed by atoms with E-state index in [1.165, 1.54) is 6.92 Å². The molecule has 6 nitrogen and oxygen atoms in total. The van der Waals surface area contributed by atoms with Gasteiger partial charge < -0.3 is 19.0 Å². The average molecular weight is 365 g/mol. The molecule has 0 aromatic carbocycles. The summed E-state index contributed by atoms with van der Waals surface area (Å²) in [6, 6.07) is 4.00. The third-order valence-corrected chi connectivity index (χ3v) is 5.34. The standard InChI is InChI=1S/C18H23NO5S/c1-12-14(19-16(24-12)15-8-5-9-25-15)7-4-3-6-13-10-22-18(2,17(20)21)23-11-13/h5,8-9,13H,3-4,6-7,10-11H2,1-2H3,(H,20,21). The van der Waals surface area contributed by atoms with E-state index in [4.69, 9.17) is 19.0 Å². The summed E-state index contributed by atoms with van der Waals surface area (Å²) < 4.78 is 16.5. The van der Waals surface area contributed by atoms with Crippen molar-refractivity contribution in [2.24, 2.45) is 5.92 Å². The van der Waals surface area contributed by atoms with E-state index in [1.54, 1.807) is 11.3 Å². The van der Waals surface area contributed by atoms with E-state index in [0.29, 0.717) is 19.1 Å². The van der Waals surface area contributed by atoms with Gasteiger partial charge in [0.05, 0.1) is 23.8 Å². The molecule has 2 aromatic rings. The normalized spacial score (nSPS) is 23.7. The molecule has 2 aromatic heterocycles. The lowest BCUT2D eigenvalue weighted by Crippen LogP contribution is -2.47. The summed E-state index contributed by atoms with van der Waals surface area (Å²) in [5.41, 5.74) is 1.01. The maximum absolute atomic E-state index is 11.1. The highest BCUT2D eigenvalue weighted by Gasteiger charge is 2.40. The Bertz CT molecular complexity index is 701. The van der Waals surface area contributed by atoms with Crippen molar-refractivity contribution in [3.8, 4) is 10.8 Å². The minimum atomic E-state index is -1.49. The third-order valence-electron chi connectivity index (χ3n) is 4.48. The zero-order chi connectivity index (χ0) is 17.9. The average Bonchev–Trinajstić information content (AvgIpc) is 3.23. The molecule has 0 saturated carbocycles. The third kappa shape index (κ3) is 4.29. The zero-order valence-corrected chi connectivity index (χ0v) is 15.3. The minimum Gasteiger partial charge on any atom is -0.477 e. The number of carboxylic acid groups (broad SMARTS) is 1. The summed E-state index contributed by atoms with van der Waals surface area (Å²) in [7, 11) is 0. The number of unbranched alkanes of at least 4 members (excludes halogenated alkanes) is 1. The first-order valence-corrected chi connectivity index (χ1v) is 9.37. The molecule has 0 amide bonds. The van der Waals surface area contributed by atoms with Crippen LogP contribution in [0.15, 0.2) is 21.9 Å². The first-order valence-electron chi connectivity index (χ1n) is 8.49. The molecular weight excluding hydrogens is 342 g/mol. The molecule has 1 N–H and O–H groups in total. The quantitative estimate of drug-likeness (QED) is 0.750. The zero-order valence-electron chi connectivity index (χ0n) is 14.5. The fourth-order valence-corrected chi connectivity index (χ4v) is 3.47. The monoisotopic (exact) mass is 365 g/mol. The number of aryl methyl sites for hydroxylation is 2. The van der Waals surface area contributed by atoms with Gasteiger partial charge in [-0.2, -0.15) is 0 Å². The topological polar surface area (TPSA) is 81.8 Å². The molecule has 1 aliphatic heterocycles. The molecule has 1 saturated heterocycles. The Kier molecular flexibility index (Phi) is 5.56. The molecule has 0 bridgehead atoms. The Morgan fingerprint density at radius 3 is 2.80 bits per heavy atom. The minimum absolute atomic E-state index is 0.243. The van der Waals surface area contributed by atoms with Crippen molar-refractivity contribution in [2.45, 2.75) is 45.3 Å². The predicted molar refractivity (Wildman–Crippen MR) is 93.5 cm³/mol. The highest BCUT2D eigenvalue weighted by molar-refractivity contribution is 7.13. The number of ether oxygens (including phenoxy) is 2. The number of carboxylic acids is 1. The lowest BCUT2D eigenvalue weighted by atomic mass is 10.0. The van der Waals surface area contributed by atoms with Crippen LogP contribution in [-0.2, 0) is 20.7 Å². The molecule has 1 aliphatic rings. The summed E-state index contributed by atoms with van der Waals surface area (Å²) in [6.45, 7) is 4.25. The maximum Gasteiger partial charge on any atom is 0.364 e. The van der Waals surface area contributed by atoms with Gasteiger partial charge in [-0.05, 0) is 37.6 Å². The molecule has 3 heterocycles.